The summed E-state index contributed by atoms with van der Waals surface area (Å²) in [4.78, 5) is 24.6. The van der Waals surface area contributed by atoms with Crippen molar-refractivity contribution in [2.45, 2.75) is 0 Å². The Bertz CT molecular complexity index is 667. The SMILES string of the molecule is CN(C)C(=O)CNC(=O)c1cc(-c2cccc(Cl)c2)no1. The summed E-state index contributed by atoms with van der Waals surface area (Å²) in [5.74, 6) is -0.666. The van der Waals surface area contributed by atoms with E-state index in [1.807, 2.05) is 0 Å². The van der Waals surface area contributed by atoms with Crippen LogP contribution in [0, 0.1) is 0 Å². The summed E-state index contributed by atoms with van der Waals surface area (Å²) in [6.45, 7) is -0.0982. The third-order valence-electron chi connectivity index (χ3n) is 2.75. The van der Waals surface area contributed by atoms with Crippen molar-refractivity contribution in [2.75, 3.05) is 20.6 Å². The van der Waals surface area contributed by atoms with Gasteiger partial charge in [0, 0.05) is 30.7 Å². The summed E-state index contributed by atoms with van der Waals surface area (Å²) < 4.78 is 4.98. The maximum absolute atomic E-state index is 11.8. The zero-order valence-corrected chi connectivity index (χ0v) is 12.3. The van der Waals surface area contributed by atoms with Gasteiger partial charge in [-0.1, -0.05) is 28.9 Å². The van der Waals surface area contributed by atoms with Gasteiger partial charge in [-0.2, -0.15) is 0 Å². The number of nitrogens with zero attached hydrogens (tertiary/aromatic N) is 2. The zero-order chi connectivity index (χ0) is 15.4. The number of benzene rings is 1. The minimum Gasteiger partial charge on any atom is -0.350 e. The highest BCUT2D eigenvalue weighted by Crippen LogP contribution is 2.22. The van der Waals surface area contributed by atoms with Gasteiger partial charge in [-0.05, 0) is 12.1 Å². The van der Waals surface area contributed by atoms with Crippen LogP contribution in [0.5, 0.6) is 0 Å². The molecule has 0 saturated heterocycles. The van der Waals surface area contributed by atoms with Gasteiger partial charge in [0.1, 0.15) is 5.69 Å². The highest BCUT2D eigenvalue weighted by Gasteiger charge is 2.15. The molecule has 1 aromatic carbocycles. The van der Waals surface area contributed by atoms with Crippen LogP contribution in [-0.4, -0.2) is 42.5 Å². The van der Waals surface area contributed by atoms with Crippen LogP contribution in [0.4, 0.5) is 0 Å². The molecule has 0 atom stereocenters. The average Bonchev–Trinajstić information content (AvgIpc) is 2.94. The number of likely N-dealkylation sites (N-methyl/N-ethyl adjacent to an activating group) is 1. The third-order valence-corrected chi connectivity index (χ3v) is 2.99. The molecule has 7 heteroatoms. The van der Waals surface area contributed by atoms with Gasteiger partial charge < -0.3 is 14.7 Å². The number of amides is 2. The summed E-state index contributed by atoms with van der Waals surface area (Å²) in [7, 11) is 3.22. The van der Waals surface area contributed by atoms with Crippen LogP contribution in [0.2, 0.25) is 5.02 Å². The lowest BCUT2D eigenvalue weighted by molar-refractivity contribution is -0.127. The van der Waals surface area contributed by atoms with Crippen molar-refractivity contribution in [3.8, 4) is 11.3 Å². The molecule has 0 unspecified atom stereocenters. The summed E-state index contributed by atoms with van der Waals surface area (Å²) in [6, 6.07) is 8.55. The highest BCUT2D eigenvalue weighted by atomic mass is 35.5. The number of carbonyl (C=O) groups excluding carboxylic acids is 2. The fourth-order valence-corrected chi connectivity index (χ4v) is 1.76. The molecule has 2 rings (SSSR count). The smallest absolute Gasteiger partial charge is 0.290 e. The molecule has 1 aromatic heterocycles. The monoisotopic (exact) mass is 307 g/mol. The molecule has 6 nitrogen and oxygen atoms in total. The standard InChI is InChI=1S/C14H14ClN3O3/c1-18(2)13(19)8-16-14(20)12-7-11(17-21-12)9-4-3-5-10(15)6-9/h3-7H,8H2,1-2H3,(H,16,20). The van der Waals surface area contributed by atoms with Crippen molar-refractivity contribution < 1.29 is 14.1 Å². The van der Waals surface area contributed by atoms with Gasteiger partial charge >= 0.3 is 0 Å². The Morgan fingerprint density at radius 2 is 2.10 bits per heavy atom. The topological polar surface area (TPSA) is 75.4 Å². The predicted octanol–water partition coefficient (Wildman–Crippen LogP) is 1.81. The number of rotatable bonds is 4. The van der Waals surface area contributed by atoms with E-state index in [0.29, 0.717) is 10.7 Å². The van der Waals surface area contributed by atoms with Crippen molar-refractivity contribution >= 4 is 23.4 Å². The van der Waals surface area contributed by atoms with Crippen molar-refractivity contribution in [1.82, 2.24) is 15.4 Å². The van der Waals surface area contributed by atoms with Crippen LogP contribution in [0.3, 0.4) is 0 Å². The average molecular weight is 308 g/mol. The molecule has 0 spiro atoms. The lowest BCUT2D eigenvalue weighted by atomic mass is 10.1. The number of aromatic nitrogens is 1. The summed E-state index contributed by atoms with van der Waals surface area (Å²) in [5.41, 5.74) is 1.25. The Labute approximate surface area is 126 Å². The van der Waals surface area contributed by atoms with Crippen molar-refractivity contribution in [3.05, 3.63) is 41.1 Å². The quantitative estimate of drug-likeness (QED) is 0.934. The molecule has 110 valence electrons. The van der Waals surface area contributed by atoms with E-state index in [-0.39, 0.29) is 18.2 Å². The van der Waals surface area contributed by atoms with E-state index < -0.39 is 5.91 Å². The molecule has 2 aromatic rings. The molecule has 0 radical (unpaired) electrons. The first-order valence-corrected chi connectivity index (χ1v) is 6.56. The summed E-state index contributed by atoms with van der Waals surface area (Å²) in [6.07, 6.45) is 0. The molecule has 2 amide bonds. The molecule has 0 aliphatic rings. The van der Waals surface area contributed by atoms with Gasteiger partial charge in [-0.25, -0.2) is 0 Å². The normalized spacial score (nSPS) is 10.2. The van der Waals surface area contributed by atoms with Crippen LogP contribution in [0.1, 0.15) is 10.6 Å². The molecule has 0 aliphatic heterocycles. The molecule has 1 heterocycles. The van der Waals surface area contributed by atoms with E-state index in [1.54, 1.807) is 38.4 Å². The first kappa shape index (κ1) is 15.1. The van der Waals surface area contributed by atoms with Gasteiger partial charge in [0.2, 0.25) is 11.7 Å². The Morgan fingerprint density at radius 1 is 1.33 bits per heavy atom. The molecule has 0 saturated carbocycles. The summed E-state index contributed by atoms with van der Waals surface area (Å²) in [5, 5.41) is 6.85. The molecule has 21 heavy (non-hydrogen) atoms. The molecule has 1 N–H and O–H groups in total. The van der Waals surface area contributed by atoms with Crippen molar-refractivity contribution in [2.24, 2.45) is 0 Å². The maximum Gasteiger partial charge on any atom is 0.290 e. The largest absolute Gasteiger partial charge is 0.350 e. The first-order valence-electron chi connectivity index (χ1n) is 6.18. The van der Waals surface area contributed by atoms with Gasteiger partial charge in [-0.3, -0.25) is 9.59 Å². The Hall–Kier alpha value is -2.34. The second kappa shape index (κ2) is 6.41. The minimum absolute atomic E-state index is 0.0385. The zero-order valence-electron chi connectivity index (χ0n) is 11.6. The van der Waals surface area contributed by atoms with Gasteiger partial charge in [0.25, 0.3) is 5.91 Å². The van der Waals surface area contributed by atoms with E-state index in [0.717, 1.165) is 5.56 Å². The third kappa shape index (κ3) is 3.82. The summed E-state index contributed by atoms with van der Waals surface area (Å²) >= 11 is 5.90. The molecular formula is C14H14ClN3O3. The Kier molecular flexibility index (Phi) is 4.59. The Morgan fingerprint density at radius 3 is 2.76 bits per heavy atom. The molecule has 0 bridgehead atoms. The molecular weight excluding hydrogens is 294 g/mol. The predicted molar refractivity (Wildman–Crippen MR) is 78.0 cm³/mol. The number of carbonyl (C=O) groups is 2. The van der Waals surface area contributed by atoms with Crippen LogP contribution in [0.15, 0.2) is 34.9 Å². The van der Waals surface area contributed by atoms with E-state index in [2.05, 4.69) is 10.5 Å². The first-order chi connectivity index (χ1) is 9.97. The van der Waals surface area contributed by atoms with Crippen LogP contribution >= 0.6 is 11.6 Å². The van der Waals surface area contributed by atoms with E-state index in [4.69, 9.17) is 16.1 Å². The van der Waals surface area contributed by atoms with Crippen molar-refractivity contribution in [1.29, 1.82) is 0 Å². The maximum atomic E-state index is 11.8. The van der Waals surface area contributed by atoms with Gasteiger partial charge in [-0.15, -0.1) is 0 Å². The minimum atomic E-state index is -0.494. The second-order valence-corrected chi connectivity index (χ2v) is 4.99. The fourth-order valence-electron chi connectivity index (χ4n) is 1.57. The van der Waals surface area contributed by atoms with Gasteiger partial charge in [0.15, 0.2) is 0 Å². The van der Waals surface area contributed by atoms with Crippen LogP contribution in [0.25, 0.3) is 11.3 Å². The van der Waals surface area contributed by atoms with E-state index in [1.165, 1.54) is 11.0 Å². The number of hydrogen-bond donors (Lipinski definition) is 1. The number of hydrogen-bond acceptors (Lipinski definition) is 4. The van der Waals surface area contributed by atoms with E-state index >= 15 is 0 Å². The van der Waals surface area contributed by atoms with Crippen LogP contribution < -0.4 is 5.32 Å². The van der Waals surface area contributed by atoms with E-state index in [9.17, 15) is 9.59 Å². The molecule has 0 fully saturated rings. The van der Waals surface area contributed by atoms with Crippen LogP contribution in [-0.2, 0) is 4.79 Å². The second-order valence-electron chi connectivity index (χ2n) is 4.56. The lowest BCUT2D eigenvalue weighted by Crippen LogP contribution is -2.36. The van der Waals surface area contributed by atoms with Gasteiger partial charge in [0.05, 0.1) is 6.54 Å². The van der Waals surface area contributed by atoms with Crippen molar-refractivity contribution in [3.63, 3.8) is 0 Å². The fraction of sp³-hybridized carbons (Fsp3) is 0.214. The number of halogens is 1. The molecule has 0 aliphatic carbocycles. The Balaban J connectivity index is 2.06. The highest BCUT2D eigenvalue weighted by molar-refractivity contribution is 6.30. The number of nitrogens with one attached hydrogen (secondary N) is 1. The lowest BCUT2D eigenvalue weighted by Gasteiger charge is -2.09.